The van der Waals surface area contributed by atoms with Crippen LogP contribution in [0.1, 0.15) is 54.4 Å². The van der Waals surface area contributed by atoms with E-state index in [4.69, 9.17) is 4.74 Å². The molecule has 4 aliphatic carbocycles. The number of aryl methyl sites for hydroxylation is 1. The summed E-state index contributed by atoms with van der Waals surface area (Å²) in [6, 6.07) is 4.90. The number of morpholine rings is 1. The fourth-order valence-electron chi connectivity index (χ4n) is 6.81. The fourth-order valence-corrected chi connectivity index (χ4v) is 8.25. The minimum absolute atomic E-state index is 0.151. The maximum Gasteiger partial charge on any atom is 0.251 e. The highest BCUT2D eigenvalue weighted by molar-refractivity contribution is 7.89. The highest BCUT2D eigenvalue weighted by Crippen LogP contribution is 2.59. The van der Waals surface area contributed by atoms with E-state index < -0.39 is 10.0 Å². The summed E-state index contributed by atoms with van der Waals surface area (Å²) in [5.41, 5.74) is 1.53. The first kappa shape index (κ1) is 20.5. The molecule has 1 aliphatic heterocycles. The number of carbonyl (C=O) groups is 1. The van der Waals surface area contributed by atoms with Crippen LogP contribution in [0.15, 0.2) is 23.1 Å². The largest absolute Gasteiger partial charge is 0.379 e. The zero-order valence-corrected chi connectivity index (χ0v) is 18.5. The number of nitrogens with one attached hydrogen (secondary N) is 1. The second-order valence-corrected chi connectivity index (χ2v) is 12.0. The van der Waals surface area contributed by atoms with Crippen molar-refractivity contribution in [3.05, 3.63) is 29.3 Å². The zero-order chi connectivity index (χ0) is 20.9. The molecular weight excluding hydrogens is 400 g/mol. The number of carbonyl (C=O) groups excluding carboxylic acids is 1. The van der Waals surface area contributed by atoms with Crippen LogP contribution in [0.3, 0.4) is 0 Å². The molecule has 7 heteroatoms. The average molecular weight is 433 g/mol. The Morgan fingerprint density at radius 1 is 1.10 bits per heavy atom. The van der Waals surface area contributed by atoms with Gasteiger partial charge in [-0.15, -0.1) is 0 Å². The highest BCUT2D eigenvalue weighted by Gasteiger charge is 2.50. The molecule has 1 amide bonds. The predicted octanol–water partition coefficient (Wildman–Crippen LogP) is 2.96. The van der Waals surface area contributed by atoms with E-state index in [0.717, 1.165) is 29.9 Å². The normalized spacial score (nSPS) is 33.6. The van der Waals surface area contributed by atoms with Crippen molar-refractivity contribution in [2.45, 2.75) is 50.3 Å². The molecule has 1 N–H and O–H groups in total. The van der Waals surface area contributed by atoms with Crippen molar-refractivity contribution in [2.24, 2.45) is 23.2 Å². The molecule has 0 aromatic heterocycles. The van der Waals surface area contributed by atoms with Gasteiger partial charge in [0.1, 0.15) is 0 Å². The fraction of sp³-hybridized carbons (Fsp3) is 0.696. The Bertz CT molecular complexity index is 901. The highest BCUT2D eigenvalue weighted by atomic mass is 32.2. The predicted molar refractivity (Wildman–Crippen MR) is 114 cm³/mol. The Kier molecular flexibility index (Phi) is 5.19. The average Bonchev–Trinajstić information content (AvgIpc) is 2.72. The molecule has 4 saturated carbocycles. The van der Waals surface area contributed by atoms with E-state index in [1.807, 2.05) is 6.92 Å². The monoisotopic (exact) mass is 432 g/mol. The van der Waals surface area contributed by atoms with Crippen molar-refractivity contribution >= 4 is 15.9 Å². The van der Waals surface area contributed by atoms with Gasteiger partial charge in [-0.3, -0.25) is 4.79 Å². The molecule has 30 heavy (non-hydrogen) atoms. The second kappa shape index (κ2) is 7.61. The van der Waals surface area contributed by atoms with Crippen LogP contribution in [0.5, 0.6) is 0 Å². The van der Waals surface area contributed by atoms with Gasteiger partial charge < -0.3 is 10.1 Å². The number of hydrogen-bond acceptors (Lipinski definition) is 4. The first-order chi connectivity index (χ1) is 14.3. The van der Waals surface area contributed by atoms with Crippen molar-refractivity contribution in [2.75, 3.05) is 32.8 Å². The molecule has 164 valence electrons. The first-order valence-electron chi connectivity index (χ1n) is 11.3. The molecule has 1 saturated heterocycles. The van der Waals surface area contributed by atoms with Gasteiger partial charge >= 0.3 is 0 Å². The van der Waals surface area contributed by atoms with E-state index in [-0.39, 0.29) is 16.2 Å². The minimum Gasteiger partial charge on any atom is -0.379 e. The van der Waals surface area contributed by atoms with E-state index in [1.54, 1.807) is 18.2 Å². The van der Waals surface area contributed by atoms with Crippen molar-refractivity contribution < 1.29 is 17.9 Å². The summed E-state index contributed by atoms with van der Waals surface area (Å²) in [4.78, 5) is 13.3. The number of rotatable bonds is 5. The van der Waals surface area contributed by atoms with Crippen molar-refractivity contribution in [1.29, 1.82) is 0 Å². The van der Waals surface area contributed by atoms with Gasteiger partial charge in [0.25, 0.3) is 5.91 Å². The minimum atomic E-state index is -3.61. The van der Waals surface area contributed by atoms with Crippen molar-refractivity contribution in [3.63, 3.8) is 0 Å². The summed E-state index contributed by atoms with van der Waals surface area (Å²) in [5.74, 6) is 2.38. The summed E-state index contributed by atoms with van der Waals surface area (Å²) >= 11 is 0. The van der Waals surface area contributed by atoms with Gasteiger partial charge in [0.15, 0.2) is 0 Å². The maximum absolute atomic E-state index is 13.1. The summed E-state index contributed by atoms with van der Waals surface area (Å²) in [6.07, 6.45) is 7.87. The maximum atomic E-state index is 13.1. The Morgan fingerprint density at radius 2 is 1.70 bits per heavy atom. The first-order valence-corrected chi connectivity index (χ1v) is 12.8. The summed E-state index contributed by atoms with van der Waals surface area (Å²) in [5, 5.41) is 3.19. The lowest BCUT2D eigenvalue weighted by Crippen LogP contribution is -2.51. The lowest BCUT2D eigenvalue weighted by Gasteiger charge is -2.56. The standard InChI is InChI=1S/C23H32N2O4S/c1-16-2-3-20(30(27,28)25-4-6-29-7-5-25)11-21(16)22(26)24-15-23-12-17-8-18(13-23)10-19(9-17)14-23/h2-3,11,17-19H,4-10,12-15H2,1H3,(H,24,26). The molecule has 1 heterocycles. The van der Waals surface area contributed by atoms with E-state index in [9.17, 15) is 13.2 Å². The summed E-state index contributed by atoms with van der Waals surface area (Å²) in [7, 11) is -3.61. The van der Waals surface area contributed by atoms with Gasteiger partial charge in [0, 0.05) is 25.2 Å². The lowest BCUT2D eigenvalue weighted by atomic mass is 9.49. The van der Waals surface area contributed by atoms with Crippen LogP contribution in [0.2, 0.25) is 0 Å². The Balaban J connectivity index is 1.32. The van der Waals surface area contributed by atoms with Crippen LogP contribution in [0, 0.1) is 30.1 Å². The Morgan fingerprint density at radius 3 is 2.30 bits per heavy atom. The number of ether oxygens (including phenoxy) is 1. The molecular formula is C23H32N2O4S. The molecule has 5 fully saturated rings. The van der Waals surface area contributed by atoms with Crippen molar-refractivity contribution in [3.8, 4) is 0 Å². The molecule has 1 aromatic carbocycles. The lowest BCUT2D eigenvalue weighted by molar-refractivity contribution is -0.0503. The molecule has 4 bridgehead atoms. The third-order valence-corrected chi connectivity index (χ3v) is 9.75. The smallest absolute Gasteiger partial charge is 0.251 e. The van der Waals surface area contributed by atoms with Crippen LogP contribution in [0.25, 0.3) is 0 Å². The second-order valence-electron chi connectivity index (χ2n) is 10.1. The quantitative estimate of drug-likeness (QED) is 0.776. The summed E-state index contributed by atoms with van der Waals surface area (Å²) < 4.78 is 32.7. The third kappa shape index (κ3) is 3.69. The van der Waals surface area contributed by atoms with Gasteiger partial charge in [0.2, 0.25) is 10.0 Å². The number of amides is 1. The van der Waals surface area contributed by atoms with Gasteiger partial charge in [-0.25, -0.2) is 8.42 Å². The number of benzene rings is 1. The van der Waals surface area contributed by atoms with Crippen LogP contribution in [0.4, 0.5) is 0 Å². The topological polar surface area (TPSA) is 75.7 Å². The van der Waals surface area contributed by atoms with E-state index >= 15 is 0 Å². The Labute approximate surface area is 179 Å². The molecule has 5 aliphatic rings. The van der Waals surface area contributed by atoms with E-state index in [1.165, 1.54) is 42.8 Å². The SMILES string of the molecule is Cc1ccc(S(=O)(=O)N2CCOCC2)cc1C(=O)NCC12CC3CC(CC(C3)C1)C2. The molecule has 0 unspecified atom stereocenters. The number of nitrogens with zero attached hydrogens (tertiary/aromatic N) is 1. The zero-order valence-electron chi connectivity index (χ0n) is 17.7. The van der Waals surface area contributed by atoms with E-state index in [2.05, 4.69) is 5.32 Å². The van der Waals surface area contributed by atoms with Gasteiger partial charge in [-0.1, -0.05) is 6.07 Å². The molecule has 0 spiro atoms. The van der Waals surface area contributed by atoms with Crippen molar-refractivity contribution in [1.82, 2.24) is 9.62 Å². The van der Waals surface area contributed by atoms with Crippen LogP contribution < -0.4 is 5.32 Å². The number of sulfonamides is 1. The molecule has 0 radical (unpaired) electrons. The molecule has 1 aromatic rings. The van der Waals surface area contributed by atoms with Gasteiger partial charge in [-0.2, -0.15) is 4.31 Å². The van der Waals surface area contributed by atoms with Crippen LogP contribution in [-0.4, -0.2) is 51.5 Å². The molecule has 0 atom stereocenters. The third-order valence-electron chi connectivity index (χ3n) is 7.85. The van der Waals surface area contributed by atoms with Crippen LogP contribution in [-0.2, 0) is 14.8 Å². The van der Waals surface area contributed by atoms with Gasteiger partial charge in [0.05, 0.1) is 18.1 Å². The van der Waals surface area contributed by atoms with Gasteiger partial charge in [-0.05, 0) is 86.3 Å². The van der Waals surface area contributed by atoms with E-state index in [0.29, 0.717) is 31.9 Å². The molecule has 6 rings (SSSR count). The summed E-state index contributed by atoms with van der Waals surface area (Å²) in [6.45, 7) is 4.10. The molecule has 6 nitrogen and oxygen atoms in total. The van der Waals surface area contributed by atoms with Crippen LogP contribution >= 0.6 is 0 Å². The number of hydrogen-bond donors (Lipinski definition) is 1. The Hall–Kier alpha value is -1.44.